The second-order valence-corrected chi connectivity index (χ2v) is 9.24. The number of carbonyl (C=O) groups is 1. The zero-order valence-corrected chi connectivity index (χ0v) is 16.2. The zero-order chi connectivity index (χ0) is 17.6. The number of rotatable bonds is 2. The van der Waals surface area contributed by atoms with Crippen molar-refractivity contribution in [1.29, 1.82) is 0 Å². The van der Waals surface area contributed by atoms with Gasteiger partial charge in [-0.15, -0.1) is 0 Å². The van der Waals surface area contributed by atoms with Crippen LogP contribution in [-0.2, 0) is 9.53 Å². The number of esters is 1. The summed E-state index contributed by atoms with van der Waals surface area (Å²) in [5.74, 6) is 2.71. The van der Waals surface area contributed by atoms with E-state index in [0.717, 1.165) is 18.3 Å². The van der Waals surface area contributed by atoms with Crippen molar-refractivity contribution in [3.8, 4) is 0 Å². The molecule has 2 saturated heterocycles. The highest BCUT2D eigenvalue weighted by Crippen LogP contribution is 2.53. The number of fused-ring (bicyclic) bond motifs is 2. The van der Waals surface area contributed by atoms with Gasteiger partial charge in [-0.2, -0.15) is 0 Å². The van der Waals surface area contributed by atoms with Crippen LogP contribution in [-0.4, -0.2) is 36.1 Å². The number of cyclic esters (lactones) is 1. The molecule has 3 heteroatoms. The number of hydrogen-bond donors (Lipinski definition) is 0. The zero-order valence-electron chi connectivity index (χ0n) is 16.2. The molecule has 0 amide bonds. The summed E-state index contributed by atoms with van der Waals surface area (Å²) in [6.45, 7) is 4.47. The quantitative estimate of drug-likeness (QED) is 0.548. The van der Waals surface area contributed by atoms with Gasteiger partial charge in [0.1, 0.15) is 6.10 Å². The lowest BCUT2D eigenvalue weighted by Crippen LogP contribution is -2.44. The first-order valence-electron chi connectivity index (χ1n) is 10.7. The largest absolute Gasteiger partial charge is 0.462 e. The van der Waals surface area contributed by atoms with Crippen LogP contribution >= 0.6 is 0 Å². The van der Waals surface area contributed by atoms with E-state index in [0.29, 0.717) is 23.9 Å². The Bertz CT molecular complexity index is 530. The Morgan fingerprint density at radius 2 is 1.84 bits per heavy atom. The smallest absolute Gasteiger partial charge is 0.309 e. The highest BCUT2D eigenvalue weighted by atomic mass is 16.6. The molecule has 0 aromatic rings. The van der Waals surface area contributed by atoms with Crippen molar-refractivity contribution in [3.63, 3.8) is 0 Å². The minimum Gasteiger partial charge on any atom is -0.462 e. The maximum Gasteiger partial charge on any atom is 0.309 e. The average Bonchev–Trinajstić information content (AvgIpc) is 2.89. The molecule has 4 aliphatic rings. The standard InChI is InChI=1S/C22H35NO2/c1-14-7-6-9-17(23(14)3)11-12-19-18-10-5-4-8-16(18)13-20-21(19)15(2)25-22(20)24/h11-12,14-21H,4-10,13H2,1-3H3/b12-11+/t14-,15-,16+,17-,18-,19+,20+,21+/m0/s1. The third kappa shape index (κ3) is 3.18. The molecular formula is C22H35NO2. The third-order valence-electron chi connectivity index (χ3n) is 7.97. The molecule has 4 rings (SSSR count). The lowest BCUT2D eigenvalue weighted by molar-refractivity contribution is -0.144. The van der Waals surface area contributed by atoms with Crippen molar-refractivity contribution in [2.24, 2.45) is 29.6 Å². The number of nitrogens with zero attached hydrogens (tertiary/aromatic N) is 1. The summed E-state index contributed by atoms with van der Waals surface area (Å²) in [6.07, 6.45) is 15.5. The van der Waals surface area contributed by atoms with Crippen LogP contribution in [0.5, 0.6) is 0 Å². The number of piperidine rings is 1. The molecule has 0 N–H and O–H groups in total. The van der Waals surface area contributed by atoms with Crippen LogP contribution < -0.4 is 0 Å². The Morgan fingerprint density at radius 3 is 2.68 bits per heavy atom. The maximum absolute atomic E-state index is 12.4. The minimum atomic E-state index is 0.0864. The average molecular weight is 346 g/mol. The van der Waals surface area contributed by atoms with Gasteiger partial charge in [-0.1, -0.05) is 37.8 Å². The Labute approximate surface area is 153 Å². The molecule has 25 heavy (non-hydrogen) atoms. The van der Waals surface area contributed by atoms with Crippen LogP contribution in [0.4, 0.5) is 0 Å². The lowest BCUT2D eigenvalue weighted by atomic mass is 9.57. The van der Waals surface area contributed by atoms with Crippen LogP contribution in [0.25, 0.3) is 0 Å². The summed E-state index contributed by atoms with van der Waals surface area (Å²) in [4.78, 5) is 14.9. The predicted molar refractivity (Wildman–Crippen MR) is 100 cm³/mol. The van der Waals surface area contributed by atoms with Crippen molar-refractivity contribution in [3.05, 3.63) is 12.2 Å². The number of likely N-dealkylation sites (N-methyl/N-ethyl adjacent to an activating group) is 1. The SMILES string of the molecule is C[C@@H]1OC(=O)[C@@H]2C[C@H]3CCCC[C@@H]3[C@@H](/C=C/[C@@H]3CCC[C@H](C)N3C)[C@@H]12. The molecule has 0 unspecified atom stereocenters. The van der Waals surface area contributed by atoms with Gasteiger partial charge in [0.05, 0.1) is 5.92 Å². The fourth-order valence-corrected chi connectivity index (χ4v) is 6.43. The van der Waals surface area contributed by atoms with E-state index in [4.69, 9.17) is 4.74 Å². The molecule has 2 aliphatic carbocycles. The van der Waals surface area contributed by atoms with Gasteiger partial charge in [-0.3, -0.25) is 9.69 Å². The summed E-state index contributed by atoms with van der Waals surface area (Å²) in [5, 5.41) is 0. The molecule has 2 saturated carbocycles. The van der Waals surface area contributed by atoms with E-state index in [1.54, 1.807) is 0 Å². The number of likely N-dealkylation sites (tertiary alicyclic amines) is 1. The van der Waals surface area contributed by atoms with Gasteiger partial charge in [0.25, 0.3) is 0 Å². The van der Waals surface area contributed by atoms with E-state index in [2.05, 4.69) is 37.9 Å². The summed E-state index contributed by atoms with van der Waals surface area (Å²) >= 11 is 0. The molecule has 0 bridgehead atoms. The minimum absolute atomic E-state index is 0.0864. The van der Waals surface area contributed by atoms with Crippen molar-refractivity contribution in [2.75, 3.05) is 7.05 Å². The Morgan fingerprint density at radius 1 is 1.04 bits per heavy atom. The van der Waals surface area contributed by atoms with E-state index < -0.39 is 0 Å². The number of allylic oxidation sites excluding steroid dienone is 1. The van der Waals surface area contributed by atoms with Gasteiger partial charge in [-0.05, 0) is 64.3 Å². The fraction of sp³-hybridized carbons (Fsp3) is 0.864. The van der Waals surface area contributed by atoms with Gasteiger partial charge in [0.15, 0.2) is 0 Å². The molecule has 0 radical (unpaired) electrons. The van der Waals surface area contributed by atoms with Gasteiger partial charge in [-0.25, -0.2) is 0 Å². The monoisotopic (exact) mass is 345 g/mol. The predicted octanol–water partition coefficient (Wildman–Crippen LogP) is 4.42. The van der Waals surface area contributed by atoms with Crippen molar-refractivity contribution < 1.29 is 9.53 Å². The summed E-state index contributed by atoms with van der Waals surface area (Å²) in [5.41, 5.74) is 0. The van der Waals surface area contributed by atoms with Crippen molar-refractivity contribution >= 4 is 5.97 Å². The molecule has 2 heterocycles. The summed E-state index contributed by atoms with van der Waals surface area (Å²) < 4.78 is 5.69. The molecular weight excluding hydrogens is 310 g/mol. The van der Waals surface area contributed by atoms with E-state index in [9.17, 15) is 4.79 Å². The van der Waals surface area contributed by atoms with Crippen molar-refractivity contribution in [2.45, 2.75) is 83.4 Å². The molecule has 140 valence electrons. The lowest BCUT2D eigenvalue weighted by Gasteiger charge is -2.46. The summed E-state index contributed by atoms with van der Waals surface area (Å²) in [7, 11) is 2.27. The number of ether oxygens (including phenoxy) is 1. The molecule has 2 aliphatic heterocycles. The van der Waals surface area contributed by atoms with E-state index in [-0.39, 0.29) is 18.0 Å². The molecule has 0 aromatic heterocycles. The van der Waals surface area contributed by atoms with Gasteiger partial charge >= 0.3 is 5.97 Å². The molecule has 0 aromatic carbocycles. The van der Waals surface area contributed by atoms with E-state index in [1.807, 2.05) is 0 Å². The normalized spacial score (nSPS) is 48.2. The van der Waals surface area contributed by atoms with Gasteiger partial charge < -0.3 is 4.74 Å². The highest BCUT2D eigenvalue weighted by Gasteiger charge is 2.53. The van der Waals surface area contributed by atoms with Crippen LogP contribution in [0, 0.1) is 29.6 Å². The molecule has 3 nitrogen and oxygen atoms in total. The van der Waals surface area contributed by atoms with Crippen LogP contribution in [0.15, 0.2) is 12.2 Å². The second kappa shape index (κ2) is 7.06. The van der Waals surface area contributed by atoms with Gasteiger partial charge in [0, 0.05) is 18.0 Å². The number of hydrogen-bond acceptors (Lipinski definition) is 3. The maximum atomic E-state index is 12.4. The molecule has 8 atom stereocenters. The Hall–Kier alpha value is -0.830. The topological polar surface area (TPSA) is 29.5 Å². The van der Waals surface area contributed by atoms with Crippen LogP contribution in [0.2, 0.25) is 0 Å². The first-order valence-corrected chi connectivity index (χ1v) is 10.7. The first-order chi connectivity index (χ1) is 12.1. The van der Waals surface area contributed by atoms with E-state index in [1.165, 1.54) is 44.9 Å². The van der Waals surface area contributed by atoms with Crippen molar-refractivity contribution in [1.82, 2.24) is 4.90 Å². The Kier molecular flexibility index (Phi) is 4.96. The number of carbonyl (C=O) groups excluding carboxylic acids is 1. The van der Waals surface area contributed by atoms with Crippen LogP contribution in [0.1, 0.15) is 65.2 Å². The second-order valence-electron chi connectivity index (χ2n) is 9.24. The Balaban J connectivity index is 1.57. The fourth-order valence-electron chi connectivity index (χ4n) is 6.43. The highest BCUT2D eigenvalue weighted by molar-refractivity contribution is 5.75. The molecule has 0 spiro atoms. The van der Waals surface area contributed by atoms with Crippen LogP contribution in [0.3, 0.4) is 0 Å². The third-order valence-corrected chi connectivity index (χ3v) is 7.97. The molecule has 4 fully saturated rings. The van der Waals surface area contributed by atoms with E-state index >= 15 is 0 Å². The van der Waals surface area contributed by atoms with Gasteiger partial charge in [0.2, 0.25) is 0 Å². The summed E-state index contributed by atoms with van der Waals surface area (Å²) in [6, 6.07) is 1.25. The first kappa shape index (κ1) is 17.6.